The number of rotatable bonds is 5. The fourth-order valence-corrected chi connectivity index (χ4v) is 5.64. The van der Waals surface area contributed by atoms with E-state index in [0.717, 1.165) is 49.4 Å². The van der Waals surface area contributed by atoms with E-state index < -0.39 is 23.8 Å². The van der Waals surface area contributed by atoms with E-state index in [9.17, 15) is 18.0 Å². The molecule has 8 atom stereocenters. The van der Waals surface area contributed by atoms with E-state index in [2.05, 4.69) is 23.8 Å². The number of hydrogen-bond donors (Lipinski definition) is 0. The highest BCUT2D eigenvalue weighted by Gasteiger charge is 2.57. The number of amides is 1. The van der Waals surface area contributed by atoms with E-state index in [4.69, 9.17) is 9.47 Å². The summed E-state index contributed by atoms with van der Waals surface area (Å²) >= 11 is 0. The zero-order chi connectivity index (χ0) is 23.8. The van der Waals surface area contributed by atoms with Gasteiger partial charge in [0.05, 0.1) is 37.1 Å². The summed E-state index contributed by atoms with van der Waals surface area (Å²) in [5.41, 5.74) is 0. The molecule has 2 heterocycles. The third-order valence-electron chi connectivity index (χ3n) is 7.92. The third-order valence-corrected chi connectivity index (χ3v) is 7.92. The zero-order valence-corrected chi connectivity index (χ0v) is 19.5. The molecule has 5 rings (SSSR count). The van der Waals surface area contributed by atoms with Gasteiger partial charge < -0.3 is 9.47 Å². The molecule has 9 heteroatoms. The third kappa shape index (κ3) is 5.78. The van der Waals surface area contributed by atoms with Crippen molar-refractivity contribution >= 4 is 6.09 Å². The first kappa shape index (κ1) is 24.2. The van der Waals surface area contributed by atoms with Gasteiger partial charge in [-0.25, -0.2) is 27.9 Å². The summed E-state index contributed by atoms with van der Waals surface area (Å²) in [5.74, 6) is -0.931. The van der Waals surface area contributed by atoms with Crippen LogP contribution in [0.3, 0.4) is 0 Å². The fraction of sp³-hybridized carbons (Fsp3) is 0.792. The van der Waals surface area contributed by atoms with Crippen LogP contribution in [0.15, 0.2) is 18.7 Å². The molecule has 33 heavy (non-hydrogen) atoms. The molecule has 0 N–H and O–H groups in total. The maximum absolute atomic E-state index is 13.0. The molecule has 1 aliphatic heterocycles. The summed E-state index contributed by atoms with van der Waals surface area (Å²) in [5, 5.41) is 0. The second-order valence-corrected chi connectivity index (χ2v) is 10.3. The van der Waals surface area contributed by atoms with Gasteiger partial charge in [-0.05, 0) is 56.3 Å². The number of carbonyl (C=O) groups excluding carboxylic acids is 1. The number of fused-ring (bicyclic) bond motifs is 1. The van der Waals surface area contributed by atoms with Crippen molar-refractivity contribution in [3.63, 3.8) is 0 Å². The Balaban J connectivity index is 0.000000318. The second kappa shape index (κ2) is 9.76. The fourth-order valence-electron chi connectivity index (χ4n) is 5.64. The van der Waals surface area contributed by atoms with Crippen LogP contribution >= 0.6 is 0 Å². The van der Waals surface area contributed by atoms with Crippen LogP contribution in [0.1, 0.15) is 52.9 Å². The standard InChI is InChI=1S/C20H31F2NO3.C4H3FN2/c1-11-6-12(2)23(19(24)26-9-14-8-20(14,21)22)18(11)10-25-15-4-5-16-13(3)17(16)7-15;5-4-1-6-3-7-2-4/h11-18H,4-10H2,1-3H3;1-3H/t11-,12+,13?,14?,15-,16?,17?,18-;/m0./s1. The molecule has 0 radical (unpaired) electrons. The minimum atomic E-state index is -2.65. The predicted molar refractivity (Wildman–Crippen MR) is 115 cm³/mol. The summed E-state index contributed by atoms with van der Waals surface area (Å²) in [6.45, 7) is 6.81. The van der Waals surface area contributed by atoms with Crippen LogP contribution in [-0.2, 0) is 9.47 Å². The van der Waals surface area contributed by atoms with Crippen molar-refractivity contribution in [1.29, 1.82) is 0 Å². The van der Waals surface area contributed by atoms with Crippen LogP contribution in [0.25, 0.3) is 0 Å². The Kier molecular flexibility index (Phi) is 7.17. The average Bonchev–Trinajstić information content (AvgIpc) is 3.58. The van der Waals surface area contributed by atoms with E-state index >= 15 is 0 Å². The number of hydrogen-bond acceptors (Lipinski definition) is 5. The molecular formula is C24H34F3N3O3. The van der Waals surface area contributed by atoms with Crippen LogP contribution in [0, 0.1) is 35.4 Å². The number of alkyl halides is 2. The Morgan fingerprint density at radius 2 is 1.82 bits per heavy atom. The Hall–Kier alpha value is -1.90. The summed E-state index contributed by atoms with van der Waals surface area (Å²) in [4.78, 5) is 21.0. The highest BCUT2D eigenvalue weighted by molar-refractivity contribution is 5.69. The molecule has 1 aromatic rings. The highest BCUT2D eigenvalue weighted by Crippen LogP contribution is 2.55. The van der Waals surface area contributed by atoms with Gasteiger partial charge in [0.15, 0.2) is 5.82 Å². The van der Waals surface area contributed by atoms with E-state index in [1.54, 1.807) is 4.90 Å². The summed E-state index contributed by atoms with van der Waals surface area (Å²) in [6.07, 6.45) is 7.57. The molecule has 1 amide bonds. The van der Waals surface area contributed by atoms with Crippen molar-refractivity contribution in [3.05, 3.63) is 24.5 Å². The van der Waals surface area contributed by atoms with Gasteiger partial charge in [0, 0.05) is 12.5 Å². The second-order valence-electron chi connectivity index (χ2n) is 10.3. The predicted octanol–water partition coefficient (Wildman–Crippen LogP) is 4.94. The lowest BCUT2D eigenvalue weighted by molar-refractivity contribution is -0.0146. The van der Waals surface area contributed by atoms with Gasteiger partial charge in [-0.3, -0.25) is 4.90 Å². The molecular weight excluding hydrogens is 435 g/mol. The number of ether oxygens (including phenoxy) is 2. The Bertz CT molecular complexity index is 815. The molecule has 3 saturated carbocycles. The van der Waals surface area contributed by atoms with Crippen molar-refractivity contribution in [3.8, 4) is 0 Å². The molecule has 4 fully saturated rings. The van der Waals surface area contributed by atoms with Crippen molar-refractivity contribution in [2.75, 3.05) is 13.2 Å². The van der Waals surface area contributed by atoms with Crippen molar-refractivity contribution in [2.45, 2.75) is 77.0 Å². The molecule has 4 aliphatic rings. The Labute approximate surface area is 193 Å². The van der Waals surface area contributed by atoms with Crippen molar-refractivity contribution < 1.29 is 27.4 Å². The quantitative estimate of drug-likeness (QED) is 0.611. The smallest absolute Gasteiger partial charge is 0.410 e. The number of carbonyl (C=O) groups is 1. The SMILES string of the molecule is CC1C2CC[C@H](OC[C@H]3[C@@H](C)C[C@@H](C)N3C(=O)OCC3CC3(F)F)CC12.Fc1cncnc1. The van der Waals surface area contributed by atoms with Crippen LogP contribution in [0.4, 0.5) is 18.0 Å². The topological polar surface area (TPSA) is 64.5 Å². The summed E-state index contributed by atoms with van der Waals surface area (Å²) in [7, 11) is 0. The van der Waals surface area contributed by atoms with Gasteiger partial charge in [-0.15, -0.1) is 0 Å². The normalized spacial score (nSPS) is 38.1. The molecule has 3 aliphatic carbocycles. The lowest BCUT2D eigenvalue weighted by atomic mass is 9.97. The van der Waals surface area contributed by atoms with Crippen LogP contribution in [0.2, 0.25) is 0 Å². The van der Waals surface area contributed by atoms with Gasteiger partial charge in [-0.1, -0.05) is 13.8 Å². The van der Waals surface area contributed by atoms with Crippen molar-refractivity contribution in [2.24, 2.45) is 29.6 Å². The van der Waals surface area contributed by atoms with Gasteiger partial charge >= 0.3 is 6.09 Å². The van der Waals surface area contributed by atoms with Gasteiger partial charge in [0.2, 0.25) is 0 Å². The average molecular weight is 470 g/mol. The van der Waals surface area contributed by atoms with Crippen LogP contribution in [-0.4, -0.2) is 58.3 Å². The Morgan fingerprint density at radius 3 is 2.39 bits per heavy atom. The van der Waals surface area contributed by atoms with E-state index in [-0.39, 0.29) is 25.1 Å². The lowest BCUT2D eigenvalue weighted by Gasteiger charge is -2.31. The van der Waals surface area contributed by atoms with Crippen LogP contribution < -0.4 is 0 Å². The maximum atomic E-state index is 13.0. The largest absolute Gasteiger partial charge is 0.449 e. The lowest BCUT2D eigenvalue weighted by Crippen LogP contribution is -2.44. The molecule has 0 aromatic carbocycles. The van der Waals surface area contributed by atoms with Gasteiger partial charge in [0.25, 0.3) is 5.92 Å². The van der Waals surface area contributed by atoms with Gasteiger partial charge in [-0.2, -0.15) is 0 Å². The molecule has 1 aromatic heterocycles. The molecule has 1 saturated heterocycles. The molecule has 184 valence electrons. The molecule has 6 nitrogen and oxygen atoms in total. The summed E-state index contributed by atoms with van der Waals surface area (Å²) < 4.78 is 49.2. The number of nitrogens with zero attached hydrogens (tertiary/aromatic N) is 3. The van der Waals surface area contributed by atoms with E-state index in [1.807, 2.05) is 6.92 Å². The molecule has 4 unspecified atom stereocenters. The van der Waals surface area contributed by atoms with Gasteiger partial charge in [0.1, 0.15) is 12.9 Å². The van der Waals surface area contributed by atoms with Crippen molar-refractivity contribution in [1.82, 2.24) is 14.9 Å². The minimum absolute atomic E-state index is 0.0217. The molecule has 0 bridgehead atoms. The highest BCUT2D eigenvalue weighted by atomic mass is 19.3. The number of halogens is 3. The van der Waals surface area contributed by atoms with E-state index in [1.165, 1.54) is 12.7 Å². The maximum Gasteiger partial charge on any atom is 0.410 e. The minimum Gasteiger partial charge on any atom is -0.449 e. The zero-order valence-electron chi connectivity index (χ0n) is 19.5. The number of likely N-dealkylation sites (tertiary alicyclic amines) is 1. The Morgan fingerprint density at radius 1 is 1.12 bits per heavy atom. The monoisotopic (exact) mass is 469 g/mol. The van der Waals surface area contributed by atoms with E-state index in [0.29, 0.717) is 18.6 Å². The first-order valence-electron chi connectivity index (χ1n) is 12.0. The first-order valence-corrected chi connectivity index (χ1v) is 12.0. The number of aromatic nitrogens is 2. The molecule has 0 spiro atoms. The first-order chi connectivity index (χ1) is 15.7. The summed E-state index contributed by atoms with van der Waals surface area (Å²) in [6, 6.07) is 0.0385. The van der Waals surface area contributed by atoms with Crippen LogP contribution in [0.5, 0.6) is 0 Å².